The van der Waals surface area contributed by atoms with Crippen LogP contribution in [-0.2, 0) is 10.0 Å². The predicted octanol–water partition coefficient (Wildman–Crippen LogP) is 0.742. The zero-order valence-electron chi connectivity index (χ0n) is 11.0. The highest BCUT2D eigenvalue weighted by molar-refractivity contribution is 7.89. The topological polar surface area (TPSA) is 104 Å². The average Bonchev–Trinajstić information content (AvgIpc) is 2.33. The van der Waals surface area contributed by atoms with Gasteiger partial charge in [0.15, 0.2) is 0 Å². The van der Waals surface area contributed by atoms with Crippen molar-refractivity contribution in [2.24, 2.45) is 5.92 Å². The molecule has 0 atom stereocenters. The number of carbonyl (C=O) groups is 1. The number of carboxylic acids is 1. The Morgan fingerprint density at radius 1 is 1.40 bits per heavy atom. The van der Waals surface area contributed by atoms with Crippen LogP contribution in [0.3, 0.4) is 0 Å². The SMILES string of the molecule is Cc1ccc(S(=O)(=O)NCC2CC(O)C2)cc1C(=O)O. The summed E-state index contributed by atoms with van der Waals surface area (Å²) in [7, 11) is -3.72. The summed E-state index contributed by atoms with van der Waals surface area (Å²) < 4.78 is 26.6. The van der Waals surface area contributed by atoms with Gasteiger partial charge in [-0.05, 0) is 43.4 Å². The van der Waals surface area contributed by atoms with E-state index in [1.54, 1.807) is 6.92 Å². The lowest BCUT2D eigenvalue weighted by molar-refractivity contribution is 0.0453. The number of aliphatic hydroxyl groups is 1. The number of hydrogen-bond acceptors (Lipinski definition) is 4. The maximum absolute atomic E-state index is 12.1. The highest BCUT2D eigenvalue weighted by Crippen LogP contribution is 2.26. The fourth-order valence-corrected chi connectivity index (χ4v) is 3.32. The molecular formula is C13H17NO5S. The molecule has 0 radical (unpaired) electrons. The van der Waals surface area contributed by atoms with Crippen molar-refractivity contribution in [1.82, 2.24) is 4.72 Å². The second-order valence-corrected chi connectivity index (χ2v) is 6.89. The molecule has 0 aromatic heterocycles. The van der Waals surface area contributed by atoms with Crippen molar-refractivity contribution in [3.8, 4) is 0 Å². The van der Waals surface area contributed by atoms with Crippen LogP contribution < -0.4 is 4.72 Å². The van der Waals surface area contributed by atoms with E-state index in [-0.39, 0.29) is 29.0 Å². The fraction of sp³-hybridized carbons (Fsp3) is 0.462. The molecule has 0 saturated heterocycles. The Hall–Kier alpha value is -1.44. The summed E-state index contributed by atoms with van der Waals surface area (Å²) in [5, 5.41) is 18.2. The van der Waals surface area contributed by atoms with Crippen LogP contribution in [0, 0.1) is 12.8 Å². The molecule has 0 amide bonds. The van der Waals surface area contributed by atoms with Crippen molar-refractivity contribution >= 4 is 16.0 Å². The Balaban J connectivity index is 2.12. The van der Waals surface area contributed by atoms with Gasteiger partial charge in [0.2, 0.25) is 10.0 Å². The molecule has 3 N–H and O–H groups in total. The number of aryl methyl sites for hydroxylation is 1. The maximum Gasteiger partial charge on any atom is 0.335 e. The van der Waals surface area contributed by atoms with E-state index in [4.69, 9.17) is 10.2 Å². The highest BCUT2D eigenvalue weighted by Gasteiger charge is 2.28. The third-order valence-electron chi connectivity index (χ3n) is 3.52. The van der Waals surface area contributed by atoms with Crippen molar-refractivity contribution < 1.29 is 23.4 Å². The summed E-state index contributed by atoms with van der Waals surface area (Å²) in [5.41, 5.74) is 0.491. The number of aliphatic hydroxyl groups excluding tert-OH is 1. The van der Waals surface area contributed by atoms with Crippen molar-refractivity contribution in [3.63, 3.8) is 0 Å². The monoisotopic (exact) mass is 299 g/mol. The number of hydrogen-bond donors (Lipinski definition) is 3. The zero-order valence-corrected chi connectivity index (χ0v) is 11.9. The van der Waals surface area contributed by atoms with Gasteiger partial charge in [0.1, 0.15) is 0 Å². The largest absolute Gasteiger partial charge is 0.478 e. The second-order valence-electron chi connectivity index (χ2n) is 5.13. The highest BCUT2D eigenvalue weighted by atomic mass is 32.2. The second kappa shape index (κ2) is 5.51. The molecule has 20 heavy (non-hydrogen) atoms. The Labute approximate surface area is 117 Å². The van der Waals surface area contributed by atoms with Gasteiger partial charge in [-0.25, -0.2) is 17.9 Å². The minimum absolute atomic E-state index is 0.0214. The van der Waals surface area contributed by atoms with Crippen molar-refractivity contribution in [2.75, 3.05) is 6.54 Å². The standard InChI is InChI=1S/C13H17NO5S/c1-8-2-3-11(6-12(8)13(16)17)20(18,19)14-7-9-4-10(15)5-9/h2-3,6,9-10,14-15H,4-5,7H2,1H3,(H,16,17). The lowest BCUT2D eigenvalue weighted by Gasteiger charge is -2.31. The quantitative estimate of drug-likeness (QED) is 0.744. The smallest absolute Gasteiger partial charge is 0.335 e. The number of sulfonamides is 1. The number of benzene rings is 1. The van der Waals surface area contributed by atoms with Gasteiger partial charge >= 0.3 is 5.97 Å². The van der Waals surface area contributed by atoms with Crippen LogP contribution in [0.5, 0.6) is 0 Å². The number of carboxylic acid groups (broad SMARTS) is 1. The van der Waals surface area contributed by atoms with E-state index in [9.17, 15) is 13.2 Å². The normalized spacial score (nSPS) is 22.3. The molecule has 1 aliphatic rings. The molecule has 0 spiro atoms. The van der Waals surface area contributed by atoms with E-state index in [0.29, 0.717) is 18.4 Å². The number of rotatable bonds is 5. The molecule has 1 aromatic carbocycles. The van der Waals surface area contributed by atoms with Gasteiger partial charge in [-0.1, -0.05) is 6.07 Å². The molecular weight excluding hydrogens is 282 g/mol. The Kier molecular flexibility index (Phi) is 4.12. The zero-order chi connectivity index (χ0) is 14.9. The average molecular weight is 299 g/mol. The Bertz CT molecular complexity index is 620. The minimum atomic E-state index is -3.72. The van der Waals surface area contributed by atoms with Crippen LogP contribution in [0.1, 0.15) is 28.8 Å². The van der Waals surface area contributed by atoms with Crippen LogP contribution in [0.4, 0.5) is 0 Å². The van der Waals surface area contributed by atoms with Crippen LogP contribution >= 0.6 is 0 Å². The lowest BCUT2D eigenvalue weighted by atomic mass is 9.83. The van der Waals surface area contributed by atoms with E-state index >= 15 is 0 Å². The van der Waals surface area contributed by atoms with Crippen LogP contribution in [-0.4, -0.2) is 37.2 Å². The van der Waals surface area contributed by atoms with Gasteiger partial charge < -0.3 is 10.2 Å². The van der Waals surface area contributed by atoms with Gasteiger partial charge in [-0.3, -0.25) is 0 Å². The molecule has 2 rings (SSSR count). The first-order chi connectivity index (χ1) is 9.29. The van der Waals surface area contributed by atoms with Gasteiger partial charge in [-0.2, -0.15) is 0 Å². The third kappa shape index (κ3) is 3.17. The summed E-state index contributed by atoms with van der Waals surface area (Å²) in [6.07, 6.45) is 0.857. The Morgan fingerprint density at radius 3 is 2.60 bits per heavy atom. The van der Waals surface area contributed by atoms with E-state index in [1.807, 2.05) is 0 Å². The minimum Gasteiger partial charge on any atom is -0.478 e. The van der Waals surface area contributed by atoms with Crippen molar-refractivity contribution in [3.05, 3.63) is 29.3 Å². The van der Waals surface area contributed by atoms with E-state index in [1.165, 1.54) is 12.1 Å². The summed E-state index contributed by atoms with van der Waals surface area (Å²) >= 11 is 0. The van der Waals surface area contributed by atoms with Crippen molar-refractivity contribution in [1.29, 1.82) is 0 Å². The molecule has 1 fully saturated rings. The van der Waals surface area contributed by atoms with Gasteiger partial charge in [0.25, 0.3) is 0 Å². The first kappa shape index (κ1) is 15.0. The molecule has 0 unspecified atom stereocenters. The molecule has 1 saturated carbocycles. The molecule has 0 aliphatic heterocycles. The molecule has 1 aromatic rings. The summed E-state index contributed by atoms with van der Waals surface area (Å²) in [5.74, 6) is -1.01. The molecule has 0 bridgehead atoms. The van der Waals surface area contributed by atoms with Crippen LogP contribution in [0.15, 0.2) is 23.1 Å². The molecule has 1 aliphatic carbocycles. The molecule has 0 heterocycles. The Morgan fingerprint density at radius 2 is 2.05 bits per heavy atom. The van der Waals surface area contributed by atoms with E-state index < -0.39 is 16.0 Å². The number of nitrogens with one attached hydrogen (secondary N) is 1. The summed E-state index contributed by atoms with van der Waals surface area (Å²) in [4.78, 5) is 11.0. The summed E-state index contributed by atoms with van der Waals surface area (Å²) in [6.45, 7) is 1.87. The van der Waals surface area contributed by atoms with Crippen LogP contribution in [0.2, 0.25) is 0 Å². The molecule has 7 heteroatoms. The molecule has 6 nitrogen and oxygen atoms in total. The summed E-state index contributed by atoms with van der Waals surface area (Å²) in [6, 6.07) is 4.03. The van der Waals surface area contributed by atoms with Gasteiger partial charge in [0.05, 0.1) is 16.6 Å². The van der Waals surface area contributed by atoms with Gasteiger partial charge in [0, 0.05) is 6.54 Å². The van der Waals surface area contributed by atoms with Crippen LogP contribution in [0.25, 0.3) is 0 Å². The first-order valence-corrected chi connectivity index (χ1v) is 7.79. The fourth-order valence-electron chi connectivity index (χ4n) is 2.18. The molecule has 110 valence electrons. The lowest BCUT2D eigenvalue weighted by Crippen LogP contribution is -2.38. The van der Waals surface area contributed by atoms with E-state index in [2.05, 4.69) is 4.72 Å². The maximum atomic E-state index is 12.1. The predicted molar refractivity (Wildman–Crippen MR) is 72.1 cm³/mol. The first-order valence-electron chi connectivity index (χ1n) is 6.31. The van der Waals surface area contributed by atoms with E-state index in [0.717, 1.165) is 6.07 Å². The third-order valence-corrected chi connectivity index (χ3v) is 4.94. The van der Waals surface area contributed by atoms with Gasteiger partial charge in [-0.15, -0.1) is 0 Å². The number of aromatic carboxylic acids is 1. The van der Waals surface area contributed by atoms with Crippen molar-refractivity contribution in [2.45, 2.75) is 30.8 Å².